The number of benzene rings is 2. The highest BCUT2D eigenvalue weighted by Gasteiger charge is 2.11. The number of rotatable bonds is 3. The summed E-state index contributed by atoms with van der Waals surface area (Å²) in [4.78, 5) is 2.18. The van der Waals surface area contributed by atoms with Gasteiger partial charge in [-0.2, -0.15) is 0 Å². The number of hydrogen-bond donors (Lipinski definition) is 1. The van der Waals surface area contributed by atoms with E-state index in [1.165, 1.54) is 16.8 Å². The lowest BCUT2D eigenvalue weighted by atomic mass is 10.1. The van der Waals surface area contributed by atoms with Gasteiger partial charge in [0.1, 0.15) is 0 Å². The lowest BCUT2D eigenvalue weighted by Gasteiger charge is -2.24. The molecular weight excluding hydrogens is 220 g/mol. The third-order valence-corrected chi connectivity index (χ3v) is 3.21. The molecule has 0 aliphatic carbocycles. The Labute approximate surface area is 109 Å². The van der Waals surface area contributed by atoms with Crippen molar-refractivity contribution in [1.29, 1.82) is 0 Å². The van der Waals surface area contributed by atoms with Crippen molar-refractivity contribution in [3.05, 3.63) is 59.7 Å². The van der Waals surface area contributed by atoms with E-state index >= 15 is 0 Å². The number of nitrogens with two attached hydrogens (primary N) is 1. The first-order valence-electron chi connectivity index (χ1n) is 6.24. The summed E-state index contributed by atoms with van der Waals surface area (Å²) in [5.41, 5.74) is 10.8. The molecule has 1 atom stereocenters. The van der Waals surface area contributed by atoms with Gasteiger partial charge in [0, 0.05) is 24.5 Å². The fourth-order valence-electron chi connectivity index (χ4n) is 2.09. The van der Waals surface area contributed by atoms with Gasteiger partial charge in [0.05, 0.1) is 0 Å². The third-order valence-electron chi connectivity index (χ3n) is 3.21. The summed E-state index contributed by atoms with van der Waals surface area (Å²) in [7, 11) is 2.08. The third kappa shape index (κ3) is 2.54. The van der Waals surface area contributed by atoms with E-state index in [-0.39, 0.29) is 6.04 Å². The van der Waals surface area contributed by atoms with E-state index < -0.39 is 0 Å². The summed E-state index contributed by atoms with van der Waals surface area (Å²) >= 11 is 0. The van der Waals surface area contributed by atoms with Gasteiger partial charge in [0.25, 0.3) is 0 Å². The van der Waals surface area contributed by atoms with Crippen LogP contribution in [0.5, 0.6) is 0 Å². The van der Waals surface area contributed by atoms with Crippen LogP contribution in [0.2, 0.25) is 0 Å². The molecule has 0 fully saturated rings. The number of para-hydroxylation sites is 1. The van der Waals surface area contributed by atoms with Crippen molar-refractivity contribution in [2.75, 3.05) is 11.9 Å². The molecule has 0 spiro atoms. The summed E-state index contributed by atoms with van der Waals surface area (Å²) in [6.45, 7) is 4.11. The van der Waals surface area contributed by atoms with E-state index in [1.807, 2.05) is 19.1 Å². The highest BCUT2D eigenvalue weighted by molar-refractivity contribution is 5.66. The van der Waals surface area contributed by atoms with Crippen molar-refractivity contribution in [2.24, 2.45) is 5.73 Å². The van der Waals surface area contributed by atoms with Crippen molar-refractivity contribution >= 4 is 11.4 Å². The second-order valence-corrected chi connectivity index (χ2v) is 4.74. The molecule has 0 radical (unpaired) electrons. The van der Waals surface area contributed by atoms with Crippen LogP contribution in [0.4, 0.5) is 11.4 Å². The average molecular weight is 240 g/mol. The monoisotopic (exact) mass is 240 g/mol. The fraction of sp³-hybridized carbons (Fsp3) is 0.250. The maximum atomic E-state index is 6.03. The van der Waals surface area contributed by atoms with Crippen LogP contribution in [0.1, 0.15) is 24.1 Å². The van der Waals surface area contributed by atoms with E-state index in [1.54, 1.807) is 0 Å². The summed E-state index contributed by atoms with van der Waals surface area (Å²) < 4.78 is 0. The zero-order valence-corrected chi connectivity index (χ0v) is 11.2. The van der Waals surface area contributed by atoms with E-state index in [2.05, 4.69) is 55.3 Å². The highest BCUT2D eigenvalue weighted by atomic mass is 15.1. The molecule has 94 valence electrons. The summed E-state index contributed by atoms with van der Waals surface area (Å²) in [6, 6.07) is 16.8. The van der Waals surface area contributed by atoms with Gasteiger partial charge in [0.15, 0.2) is 0 Å². The number of hydrogen-bond acceptors (Lipinski definition) is 2. The first-order valence-corrected chi connectivity index (χ1v) is 6.24. The van der Waals surface area contributed by atoms with Crippen LogP contribution in [-0.2, 0) is 0 Å². The van der Waals surface area contributed by atoms with Crippen LogP contribution in [0.25, 0.3) is 0 Å². The van der Waals surface area contributed by atoms with Gasteiger partial charge in [-0.3, -0.25) is 0 Å². The summed E-state index contributed by atoms with van der Waals surface area (Å²) in [6.07, 6.45) is 0. The number of aryl methyl sites for hydroxylation is 1. The Morgan fingerprint density at radius 3 is 2.22 bits per heavy atom. The van der Waals surface area contributed by atoms with Crippen LogP contribution >= 0.6 is 0 Å². The Balaban J connectivity index is 2.39. The van der Waals surface area contributed by atoms with Crippen molar-refractivity contribution in [3.63, 3.8) is 0 Å². The largest absolute Gasteiger partial charge is 0.344 e. The van der Waals surface area contributed by atoms with E-state index in [4.69, 9.17) is 5.73 Å². The SMILES string of the molecule is Cc1ccc(N(C)c2ccccc2[C@@H](C)N)cc1. The van der Waals surface area contributed by atoms with E-state index in [0.717, 1.165) is 5.69 Å². The molecule has 0 aliphatic rings. The van der Waals surface area contributed by atoms with Crippen molar-refractivity contribution in [3.8, 4) is 0 Å². The predicted octanol–water partition coefficient (Wildman–Crippen LogP) is 3.78. The molecule has 0 amide bonds. The van der Waals surface area contributed by atoms with Crippen LogP contribution in [-0.4, -0.2) is 7.05 Å². The number of anilines is 2. The smallest absolute Gasteiger partial charge is 0.0456 e. The van der Waals surface area contributed by atoms with Gasteiger partial charge in [-0.05, 0) is 37.6 Å². The van der Waals surface area contributed by atoms with E-state index in [9.17, 15) is 0 Å². The molecule has 0 bridgehead atoms. The van der Waals surface area contributed by atoms with Crippen molar-refractivity contribution < 1.29 is 0 Å². The molecule has 2 aromatic carbocycles. The molecule has 2 heteroatoms. The lowest BCUT2D eigenvalue weighted by molar-refractivity contribution is 0.815. The van der Waals surface area contributed by atoms with Crippen molar-refractivity contribution in [1.82, 2.24) is 0 Å². The Bertz CT molecular complexity index is 515. The minimum Gasteiger partial charge on any atom is -0.344 e. The Morgan fingerprint density at radius 1 is 1.00 bits per heavy atom. The second kappa shape index (κ2) is 5.23. The van der Waals surface area contributed by atoms with Gasteiger partial charge < -0.3 is 10.6 Å². The summed E-state index contributed by atoms with van der Waals surface area (Å²) in [5, 5.41) is 0. The lowest BCUT2D eigenvalue weighted by Crippen LogP contribution is -2.15. The fourth-order valence-corrected chi connectivity index (χ4v) is 2.09. The van der Waals surface area contributed by atoms with Gasteiger partial charge in [-0.25, -0.2) is 0 Å². The first kappa shape index (κ1) is 12.7. The molecule has 2 rings (SSSR count). The molecule has 18 heavy (non-hydrogen) atoms. The minimum atomic E-state index is 0.0362. The van der Waals surface area contributed by atoms with Crippen molar-refractivity contribution in [2.45, 2.75) is 19.9 Å². The second-order valence-electron chi connectivity index (χ2n) is 4.74. The van der Waals surface area contributed by atoms with Crippen LogP contribution in [0.15, 0.2) is 48.5 Å². The van der Waals surface area contributed by atoms with E-state index in [0.29, 0.717) is 0 Å². The van der Waals surface area contributed by atoms with Gasteiger partial charge in [-0.15, -0.1) is 0 Å². The van der Waals surface area contributed by atoms with Gasteiger partial charge in [-0.1, -0.05) is 35.9 Å². The number of nitrogens with zero attached hydrogens (tertiary/aromatic N) is 1. The van der Waals surface area contributed by atoms with Crippen LogP contribution in [0.3, 0.4) is 0 Å². The molecule has 2 aromatic rings. The van der Waals surface area contributed by atoms with Gasteiger partial charge >= 0.3 is 0 Å². The maximum absolute atomic E-state index is 6.03. The Morgan fingerprint density at radius 2 is 1.61 bits per heavy atom. The van der Waals surface area contributed by atoms with Crippen LogP contribution in [0, 0.1) is 6.92 Å². The molecule has 0 saturated heterocycles. The quantitative estimate of drug-likeness (QED) is 0.884. The Hall–Kier alpha value is -1.80. The summed E-state index contributed by atoms with van der Waals surface area (Å²) in [5.74, 6) is 0. The predicted molar refractivity (Wildman–Crippen MR) is 78.3 cm³/mol. The standard InChI is InChI=1S/C16H20N2/c1-12-8-10-14(11-9-12)18(3)16-7-5-4-6-15(16)13(2)17/h4-11,13H,17H2,1-3H3/t13-/m1/s1. The molecule has 0 aromatic heterocycles. The molecule has 0 unspecified atom stereocenters. The first-order chi connectivity index (χ1) is 8.59. The molecular formula is C16H20N2. The average Bonchev–Trinajstić information content (AvgIpc) is 2.39. The Kier molecular flexibility index (Phi) is 3.68. The maximum Gasteiger partial charge on any atom is 0.0456 e. The van der Waals surface area contributed by atoms with Gasteiger partial charge in [0.2, 0.25) is 0 Å². The minimum absolute atomic E-state index is 0.0362. The molecule has 2 N–H and O–H groups in total. The molecule has 0 heterocycles. The molecule has 0 saturated carbocycles. The topological polar surface area (TPSA) is 29.3 Å². The molecule has 2 nitrogen and oxygen atoms in total. The highest BCUT2D eigenvalue weighted by Crippen LogP contribution is 2.29. The molecule has 0 aliphatic heterocycles. The zero-order valence-electron chi connectivity index (χ0n) is 11.2. The normalized spacial score (nSPS) is 12.2. The van der Waals surface area contributed by atoms with Crippen LogP contribution < -0.4 is 10.6 Å². The zero-order chi connectivity index (χ0) is 13.1.